The van der Waals surface area contributed by atoms with Crippen molar-refractivity contribution in [2.75, 3.05) is 0 Å². The fourth-order valence-corrected chi connectivity index (χ4v) is 2.26. The van der Waals surface area contributed by atoms with E-state index in [-0.39, 0.29) is 17.5 Å². The third-order valence-corrected chi connectivity index (χ3v) is 3.44. The lowest BCUT2D eigenvalue weighted by atomic mass is 10.0. The number of rotatable bonds is 2. The number of pyridine rings is 1. The van der Waals surface area contributed by atoms with Crippen LogP contribution in [0.5, 0.6) is 5.88 Å². The molecule has 0 bridgehead atoms. The summed E-state index contributed by atoms with van der Waals surface area (Å²) in [5.74, 6) is -0.389. The molecule has 0 fully saturated rings. The van der Waals surface area contributed by atoms with Gasteiger partial charge >= 0.3 is 5.69 Å². The lowest BCUT2D eigenvalue weighted by Crippen LogP contribution is -2.32. The van der Waals surface area contributed by atoms with Crippen LogP contribution >= 0.6 is 0 Å². The molecule has 8 nitrogen and oxygen atoms in total. The Hall–Kier alpha value is -2.90. The summed E-state index contributed by atoms with van der Waals surface area (Å²) in [6.07, 6.45) is 3.77. The van der Waals surface area contributed by atoms with E-state index in [4.69, 9.17) is 0 Å². The zero-order valence-corrected chi connectivity index (χ0v) is 11.2. The molecule has 0 saturated heterocycles. The minimum absolute atomic E-state index is 0.0150. The lowest BCUT2D eigenvalue weighted by Gasteiger charge is -2.09. The second-order valence-corrected chi connectivity index (χ2v) is 4.74. The van der Waals surface area contributed by atoms with E-state index in [1.807, 2.05) is 12.1 Å². The van der Waals surface area contributed by atoms with E-state index in [9.17, 15) is 14.7 Å². The van der Waals surface area contributed by atoms with Gasteiger partial charge in [-0.3, -0.25) is 19.3 Å². The van der Waals surface area contributed by atoms with Gasteiger partial charge in [0, 0.05) is 25.9 Å². The van der Waals surface area contributed by atoms with Gasteiger partial charge in [0.1, 0.15) is 5.56 Å². The predicted octanol–water partition coefficient (Wildman–Crippen LogP) is -0.387. The zero-order valence-electron chi connectivity index (χ0n) is 11.2. The quantitative estimate of drug-likeness (QED) is 0.696. The number of hydrazone groups is 1. The fourth-order valence-electron chi connectivity index (χ4n) is 2.26. The molecule has 1 aliphatic heterocycles. The molecule has 3 N–H and O–H groups in total. The van der Waals surface area contributed by atoms with Gasteiger partial charge in [-0.2, -0.15) is 5.10 Å². The standard InChI is InChI=1S/C13H13N5O3/c1-18-12(20)10(11(19)15-13(18)21)9-6-8(16-17-9)7-2-4-14-5-3-7/h2-5,8,16,20H,6H2,1H3,(H,15,19,21)/t8-/m0/s1. The van der Waals surface area contributed by atoms with E-state index in [1.54, 1.807) is 12.4 Å². The molecule has 3 heterocycles. The summed E-state index contributed by atoms with van der Waals surface area (Å²) in [6.45, 7) is 0. The summed E-state index contributed by atoms with van der Waals surface area (Å²) < 4.78 is 0.971. The van der Waals surface area contributed by atoms with Crippen molar-refractivity contribution in [3.63, 3.8) is 0 Å². The predicted molar refractivity (Wildman–Crippen MR) is 75.2 cm³/mol. The van der Waals surface area contributed by atoms with Gasteiger partial charge < -0.3 is 10.5 Å². The summed E-state index contributed by atoms with van der Waals surface area (Å²) >= 11 is 0. The number of aromatic amines is 1. The van der Waals surface area contributed by atoms with Crippen LogP contribution in [0, 0.1) is 0 Å². The van der Waals surface area contributed by atoms with Gasteiger partial charge in [0.15, 0.2) is 0 Å². The van der Waals surface area contributed by atoms with Crippen molar-refractivity contribution in [1.29, 1.82) is 0 Å². The fraction of sp³-hybridized carbons (Fsp3) is 0.231. The Balaban J connectivity index is 1.96. The summed E-state index contributed by atoms with van der Waals surface area (Å²) in [5, 5.41) is 14.1. The third kappa shape index (κ3) is 2.20. The third-order valence-electron chi connectivity index (χ3n) is 3.44. The van der Waals surface area contributed by atoms with Gasteiger partial charge in [0.2, 0.25) is 5.88 Å². The highest BCUT2D eigenvalue weighted by atomic mass is 16.3. The maximum absolute atomic E-state index is 11.9. The molecular formula is C13H13N5O3. The molecule has 0 aromatic carbocycles. The molecule has 0 radical (unpaired) electrons. The molecule has 1 aliphatic rings. The van der Waals surface area contributed by atoms with Crippen LogP contribution in [0.15, 0.2) is 39.2 Å². The van der Waals surface area contributed by atoms with E-state index in [0.717, 1.165) is 10.1 Å². The Kier molecular flexibility index (Phi) is 3.05. The molecule has 0 spiro atoms. The smallest absolute Gasteiger partial charge is 0.330 e. The second-order valence-electron chi connectivity index (χ2n) is 4.74. The minimum Gasteiger partial charge on any atom is -0.494 e. The first-order chi connectivity index (χ1) is 10.1. The molecule has 3 rings (SSSR count). The first-order valence-electron chi connectivity index (χ1n) is 6.32. The maximum Gasteiger partial charge on any atom is 0.330 e. The SMILES string of the molecule is Cn1c(O)c(C2=NN[C@H](c3ccncc3)C2)c(=O)[nH]c1=O. The molecule has 21 heavy (non-hydrogen) atoms. The molecule has 2 aromatic heterocycles. The number of hydrogen-bond donors (Lipinski definition) is 3. The average Bonchev–Trinajstić information content (AvgIpc) is 2.95. The van der Waals surface area contributed by atoms with Crippen LogP contribution in [-0.2, 0) is 7.05 Å². The Bertz CT molecular complexity index is 822. The average molecular weight is 287 g/mol. The Morgan fingerprint density at radius 1 is 1.33 bits per heavy atom. The van der Waals surface area contributed by atoms with Crippen LogP contribution in [0.25, 0.3) is 0 Å². The van der Waals surface area contributed by atoms with Crippen molar-refractivity contribution in [1.82, 2.24) is 20.0 Å². The summed E-state index contributed by atoms with van der Waals surface area (Å²) in [7, 11) is 1.38. The summed E-state index contributed by atoms with van der Waals surface area (Å²) in [6, 6.07) is 3.60. The van der Waals surface area contributed by atoms with Crippen molar-refractivity contribution >= 4 is 5.71 Å². The largest absolute Gasteiger partial charge is 0.494 e. The molecule has 0 unspecified atom stereocenters. The molecule has 0 amide bonds. The highest BCUT2D eigenvalue weighted by Gasteiger charge is 2.26. The number of H-pyrrole nitrogens is 1. The summed E-state index contributed by atoms with van der Waals surface area (Å²) in [5.41, 5.74) is 3.00. The van der Waals surface area contributed by atoms with E-state index in [0.29, 0.717) is 12.1 Å². The van der Waals surface area contributed by atoms with Gasteiger partial charge in [-0.05, 0) is 17.7 Å². The molecule has 108 valence electrons. The highest BCUT2D eigenvalue weighted by Crippen LogP contribution is 2.25. The van der Waals surface area contributed by atoms with E-state index in [2.05, 4.69) is 20.5 Å². The normalized spacial score (nSPS) is 17.4. The highest BCUT2D eigenvalue weighted by molar-refractivity contribution is 6.03. The number of nitrogens with zero attached hydrogens (tertiary/aromatic N) is 3. The monoisotopic (exact) mass is 287 g/mol. The van der Waals surface area contributed by atoms with Gasteiger partial charge in [-0.1, -0.05) is 0 Å². The van der Waals surface area contributed by atoms with Crippen LogP contribution in [0.1, 0.15) is 23.6 Å². The molecule has 8 heteroatoms. The second kappa shape index (κ2) is 4.89. The first-order valence-corrected chi connectivity index (χ1v) is 6.32. The van der Waals surface area contributed by atoms with Gasteiger partial charge in [0.25, 0.3) is 5.56 Å². The van der Waals surface area contributed by atoms with Gasteiger partial charge in [-0.15, -0.1) is 0 Å². The minimum atomic E-state index is -0.668. The molecular weight excluding hydrogens is 274 g/mol. The number of nitrogens with one attached hydrogen (secondary N) is 2. The molecule has 0 saturated carbocycles. The van der Waals surface area contributed by atoms with E-state index >= 15 is 0 Å². The topological polar surface area (TPSA) is 112 Å². The van der Waals surface area contributed by atoms with Crippen molar-refractivity contribution in [2.24, 2.45) is 12.1 Å². The zero-order chi connectivity index (χ0) is 15.0. The van der Waals surface area contributed by atoms with Crippen LogP contribution < -0.4 is 16.7 Å². The van der Waals surface area contributed by atoms with Crippen LogP contribution in [0.2, 0.25) is 0 Å². The van der Waals surface area contributed by atoms with Crippen molar-refractivity contribution in [2.45, 2.75) is 12.5 Å². The van der Waals surface area contributed by atoms with Crippen molar-refractivity contribution in [3.05, 3.63) is 56.5 Å². The van der Waals surface area contributed by atoms with Crippen LogP contribution in [-0.4, -0.2) is 25.4 Å². The van der Waals surface area contributed by atoms with Gasteiger partial charge in [-0.25, -0.2) is 4.79 Å². The Labute approximate surface area is 118 Å². The van der Waals surface area contributed by atoms with Crippen LogP contribution in [0.4, 0.5) is 0 Å². The lowest BCUT2D eigenvalue weighted by molar-refractivity contribution is 0.416. The van der Waals surface area contributed by atoms with Crippen molar-refractivity contribution < 1.29 is 5.11 Å². The van der Waals surface area contributed by atoms with Crippen LogP contribution in [0.3, 0.4) is 0 Å². The molecule has 0 aliphatic carbocycles. The summed E-state index contributed by atoms with van der Waals surface area (Å²) in [4.78, 5) is 29.4. The Morgan fingerprint density at radius 3 is 2.76 bits per heavy atom. The number of aromatic hydroxyl groups is 1. The Morgan fingerprint density at radius 2 is 2.05 bits per heavy atom. The number of hydrogen-bond acceptors (Lipinski definition) is 6. The van der Waals surface area contributed by atoms with Gasteiger partial charge in [0.05, 0.1) is 11.8 Å². The molecule has 2 aromatic rings. The molecule has 1 atom stereocenters. The number of aromatic nitrogens is 3. The van der Waals surface area contributed by atoms with E-state index in [1.165, 1.54) is 7.05 Å². The van der Waals surface area contributed by atoms with E-state index < -0.39 is 11.2 Å². The first kappa shape index (κ1) is 13.1. The van der Waals surface area contributed by atoms with Crippen molar-refractivity contribution in [3.8, 4) is 5.88 Å². The maximum atomic E-state index is 11.9.